The maximum atomic E-state index is 2.37. The largest absolute Gasteiger partial charge is 0.0882 e. The van der Waals surface area contributed by atoms with Crippen molar-refractivity contribution in [2.45, 2.75) is 123 Å². The van der Waals surface area contributed by atoms with E-state index in [1.807, 2.05) is 0 Å². The predicted octanol–water partition coefficient (Wildman–Crippen LogP) is 9.88. The molecule has 0 bridgehead atoms. The smallest absolute Gasteiger partial charge is 0.0169 e. The van der Waals surface area contributed by atoms with Crippen molar-refractivity contribution in [1.29, 1.82) is 0 Å². The van der Waals surface area contributed by atoms with Crippen LogP contribution < -0.4 is 0 Å². The Bertz CT molecular complexity index is 369. The molecule has 0 unspecified atom stereocenters. The second kappa shape index (κ2) is 25.0. The minimum absolute atomic E-state index is 1.12. The Kier molecular flexibility index (Phi) is 24.0. The first-order valence-electron chi connectivity index (χ1n) is 12.0. The molecule has 0 rings (SSSR count). The lowest BCUT2D eigenvalue weighted by atomic mass is 10.1. The van der Waals surface area contributed by atoms with Gasteiger partial charge in [0, 0.05) is 0 Å². The summed E-state index contributed by atoms with van der Waals surface area (Å²) >= 11 is 0. The molecule has 0 N–H and O–H groups in total. The third kappa shape index (κ3) is 25.0. The number of allylic oxidation sites excluding steroid dienone is 8. The standard InChI is InChI=1S/C27H48/c1-3-5-7-9-11-13-15-17-19-21-23-25-27-26-24-22-20-18-16-14-12-10-8-6-4-2/h11-15,17-18,20H,3-10,16,19,21-27H2,1-2H3. The molecule has 156 valence electrons. The third-order valence-electron chi connectivity index (χ3n) is 4.93. The molecule has 0 aliphatic heterocycles. The fraction of sp³-hybridized carbons (Fsp3) is 0.704. The Balaban J connectivity index is 3.23. The molecule has 0 aromatic carbocycles. The van der Waals surface area contributed by atoms with Crippen molar-refractivity contribution in [2.75, 3.05) is 0 Å². The molecule has 0 fully saturated rings. The first-order chi connectivity index (χ1) is 13.4. The number of rotatable bonds is 20. The van der Waals surface area contributed by atoms with Crippen molar-refractivity contribution in [3.05, 3.63) is 48.6 Å². The molecule has 0 spiro atoms. The zero-order valence-corrected chi connectivity index (χ0v) is 18.6. The van der Waals surface area contributed by atoms with E-state index in [0.29, 0.717) is 0 Å². The minimum atomic E-state index is 1.12. The first kappa shape index (κ1) is 26.0. The summed E-state index contributed by atoms with van der Waals surface area (Å²) in [5.74, 6) is 0. The van der Waals surface area contributed by atoms with Crippen LogP contribution in [0.15, 0.2) is 48.6 Å². The Morgan fingerprint density at radius 2 is 0.741 bits per heavy atom. The summed E-state index contributed by atoms with van der Waals surface area (Å²) in [4.78, 5) is 0. The summed E-state index contributed by atoms with van der Waals surface area (Å²) in [6, 6.07) is 0. The highest BCUT2D eigenvalue weighted by molar-refractivity contribution is 5.02. The van der Waals surface area contributed by atoms with Gasteiger partial charge in [-0.05, 0) is 57.8 Å². The molecule has 0 aromatic heterocycles. The van der Waals surface area contributed by atoms with Gasteiger partial charge in [0.1, 0.15) is 0 Å². The molecule has 0 saturated heterocycles. The topological polar surface area (TPSA) is 0 Å². The summed E-state index contributed by atoms with van der Waals surface area (Å²) in [7, 11) is 0. The van der Waals surface area contributed by atoms with Crippen molar-refractivity contribution in [1.82, 2.24) is 0 Å². The summed E-state index contributed by atoms with van der Waals surface area (Å²) in [6.45, 7) is 4.52. The van der Waals surface area contributed by atoms with Crippen LogP contribution in [-0.2, 0) is 0 Å². The Morgan fingerprint density at radius 3 is 1.19 bits per heavy atom. The molecule has 27 heavy (non-hydrogen) atoms. The molecule has 0 aliphatic rings. The third-order valence-corrected chi connectivity index (χ3v) is 4.93. The van der Waals surface area contributed by atoms with E-state index >= 15 is 0 Å². The second-order valence-corrected chi connectivity index (χ2v) is 7.73. The summed E-state index contributed by atoms with van der Waals surface area (Å²) in [5.41, 5.74) is 0. The molecular formula is C27H48. The van der Waals surface area contributed by atoms with Crippen molar-refractivity contribution < 1.29 is 0 Å². The van der Waals surface area contributed by atoms with Gasteiger partial charge in [0.2, 0.25) is 0 Å². The number of unbranched alkanes of at least 4 members (excludes halogenated alkanes) is 13. The monoisotopic (exact) mass is 372 g/mol. The van der Waals surface area contributed by atoms with Gasteiger partial charge in [-0.3, -0.25) is 0 Å². The lowest BCUT2D eigenvalue weighted by molar-refractivity contribution is 0.600. The number of hydrogen-bond donors (Lipinski definition) is 0. The van der Waals surface area contributed by atoms with E-state index in [2.05, 4.69) is 62.5 Å². The number of hydrogen-bond acceptors (Lipinski definition) is 0. The molecule has 0 aliphatic carbocycles. The van der Waals surface area contributed by atoms with Gasteiger partial charge in [0.25, 0.3) is 0 Å². The second-order valence-electron chi connectivity index (χ2n) is 7.73. The molecule has 0 amide bonds. The first-order valence-corrected chi connectivity index (χ1v) is 12.0. The van der Waals surface area contributed by atoms with Crippen molar-refractivity contribution in [3.8, 4) is 0 Å². The fourth-order valence-electron chi connectivity index (χ4n) is 3.11. The summed E-state index contributed by atoms with van der Waals surface area (Å²) < 4.78 is 0. The van der Waals surface area contributed by atoms with Gasteiger partial charge in [0.15, 0.2) is 0 Å². The molecule has 0 aromatic rings. The van der Waals surface area contributed by atoms with Crippen LogP contribution in [0.3, 0.4) is 0 Å². The predicted molar refractivity (Wildman–Crippen MR) is 126 cm³/mol. The van der Waals surface area contributed by atoms with Crippen LogP contribution in [0.25, 0.3) is 0 Å². The zero-order chi connectivity index (χ0) is 19.7. The van der Waals surface area contributed by atoms with E-state index in [0.717, 1.165) is 6.42 Å². The SMILES string of the molecule is CCCCCC=CC=CCCCCCCCCC=CCC=CCCCCC. The minimum Gasteiger partial charge on any atom is -0.0882 e. The lowest BCUT2D eigenvalue weighted by Crippen LogP contribution is -1.79. The Morgan fingerprint density at radius 1 is 0.370 bits per heavy atom. The molecule has 0 saturated carbocycles. The van der Waals surface area contributed by atoms with E-state index in [9.17, 15) is 0 Å². The van der Waals surface area contributed by atoms with Crippen LogP contribution in [0, 0.1) is 0 Å². The summed E-state index contributed by atoms with van der Waals surface area (Å²) in [6.07, 6.45) is 41.0. The van der Waals surface area contributed by atoms with E-state index in [-0.39, 0.29) is 0 Å². The van der Waals surface area contributed by atoms with E-state index in [4.69, 9.17) is 0 Å². The van der Waals surface area contributed by atoms with Crippen molar-refractivity contribution in [2.24, 2.45) is 0 Å². The van der Waals surface area contributed by atoms with Gasteiger partial charge < -0.3 is 0 Å². The molecule has 0 radical (unpaired) electrons. The maximum Gasteiger partial charge on any atom is -0.0169 e. The average Bonchev–Trinajstić information content (AvgIpc) is 2.68. The van der Waals surface area contributed by atoms with Gasteiger partial charge in [-0.25, -0.2) is 0 Å². The normalized spacial score (nSPS) is 12.5. The highest BCUT2D eigenvalue weighted by Crippen LogP contribution is 2.09. The molecule has 0 heteroatoms. The lowest BCUT2D eigenvalue weighted by Gasteiger charge is -1.99. The van der Waals surface area contributed by atoms with Crippen LogP contribution in [0.5, 0.6) is 0 Å². The average molecular weight is 373 g/mol. The zero-order valence-electron chi connectivity index (χ0n) is 18.6. The fourth-order valence-corrected chi connectivity index (χ4v) is 3.11. The van der Waals surface area contributed by atoms with Crippen LogP contribution in [0.4, 0.5) is 0 Å². The summed E-state index contributed by atoms with van der Waals surface area (Å²) in [5, 5.41) is 0. The van der Waals surface area contributed by atoms with E-state index < -0.39 is 0 Å². The van der Waals surface area contributed by atoms with E-state index in [1.165, 1.54) is 103 Å². The van der Waals surface area contributed by atoms with E-state index in [1.54, 1.807) is 0 Å². The highest BCUT2D eigenvalue weighted by Gasteiger charge is 1.90. The van der Waals surface area contributed by atoms with Crippen molar-refractivity contribution in [3.63, 3.8) is 0 Å². The van der Waals surface area contributed by atoms with Crippen LogP contribution >= 0.6 is 0 Å². The van der Waals surface area contributed by atoms with Crippen LogP contribution in [-0.4, -0.2) is 0 Å². The highest BCUT2D eigenvalue weighted by atomic mass is 14.0. The van der Waals surface area contributed by atoms with Crippen LogP contribution in [0.2, 0.25) is 0 Å². The molecular weight excluding hydrogens is 324 g/mol. The maximum absolute atomic E-state index is 2.37. The molecule has 0 heterocycles. The van der Waals surface area contributed by atoms with Gasteiger partial charge in [-0.2, -0.15) is 0 Å². The van der Waals surface area contributed by atoms with Gasteiger partial charge in [-0.15, -0.1) is 0 Å². The molecule has 0 atom stereocenters. The molecule has 0 nitrogen and oxygen atoms in total. The van der Waals surface area contributed by atoms with Crippen LogP contribution in [0.1, 0.15) is 123 Å². The van der Waals surface area contributed by atoms with Gasteiger partial charge in [0.05, 0.1) is 0 Å². The van der Waals surface area contributed by atoms with Gasteiger partial charge >= 0.3 is 0 Å². The quantitative estimate of drug-likeness (QED) is 0.113. The Labute approximate surface area is 171 Å². The van der Waals surface area contributed by atoms with Gasteiger partial charge in [-0.1, -0.05) is 114 Å². The van der Waals surface area contributed by atoms with Crippen molar-refractivity contribution >= 4 is 0 Å². The Hall–Kier alpha value is -1.04.